The Kier molecular flexibility index (Phi) is 6.44. The first kappa shape index (κ1) is 20.9. The van der Waals surface area contributed by atoms with Crippen molar-refractivity contribution >= 4 is 5.91 Å². The lowest BCUT2D eigenvalue weighted by Crippen LogP contribution is -2.56. The predicted octanol–water partition coefficient (Wildman–Crippen LogP) is 3.32. The number of ether oxygens (including phenoxy) is 1. The van der Waals surface area contributed by atoms with Crippen molar-refractivity contribution in [2.75, 3.05) is 26.2 Å². The van der Waals surface area contributed by atoms with Gasteiger partial charge in [-0.15, -0.1) is 0 Å². The summed E-state index contributed by atoms with van der Waals surface area (Å²) in [6, 6.07) is 11.9. The van der Waals surface area contributed by atoms with Crippen LogP contribution >= 0.6 is 0 Å². The average Bonchev–Trinajstić information content (AvgIpc) is 3.27. The monoisotopic (exact) mass is 412 g/mol. The molecule has 3 unspecified atom stereocenters. The number of nitrogens with zero attached hydrogens (tertiary/aromatic N) is 1. The molecule has 2 fully saturated rings. The number of nitrogens with one attached hydrogen (secondary N) is 1. The molecule has 2 heterocycles. The summed E-state index contributed by atoms with van der Waals surface area (Å²) >= 11 is 0. The molecule has 3 atom stereocenters. The van der Waals surface area contributed by atoms with E-state index in [-0.39, 0.29) is 17.7 Å². The Morgan fingerprint density at radius 1 is 1.30 bits per heavy atom. The number of amides is 1. The lowest BCUT2D eigenvalue weighted by molar-refractivity contribution is -0.129. The Balaban J connectivity index is 1.45. The first-order valence-corrected chi connectivity index (χ1v) is 11.0. The highest BCUT2D eigenvalue weighted by Gasteiger charge is 2.48. The van der Waals surface area contributed by atoms with Gasteiger partial charge in [-0.2, -0.15) is 0 Å². The van der Waals surface area contributed by atoms with Crippen molar-refractivity contribution in [1.82, 2.24) is 10.2 Å². The van der Waals surface area contributed by atoms with E-state index in [0.717, 1.165) is 43.9 Å². The molecule has 6 heteroatoms. The van der Waals surface area contributed by atoms with Gasteiger partial charge in [0.05, 0.1) is 31.6 Å². The fourth-order valence-electron chi connectivity index (χ4n) is 5.17. The third-order valence-corrected chi connectivity index (χ3v) is 6.64. The van der Waals surface area contributed by atoms with Crippen LogP contribution in [0.4, 0.5) is 0 Å². The lowest BCUT2D eigenvalue weighted by atomic mass is 9.63. The van der Waals surface area contributed by atoms with Crippen molar-refractivity contribution in [1.29, 1.82) is 0 Å². The highest BCUT2D eigenvalue weighted by Crippen LogP contribution is 2.49. The van der Waals surface area contributed by atoms with E-state index in [1.807, 2.05) is 37.3 Å². The largest absolute Gasteiger partial charge is 0.494 e. The van der Waals surface area contributed by atoms with Crippen LogP contribution in [-0.4, -0.2) is 47.8 Å². The molecule has 1 amide bonds. The summed E-state index contributed by atoms with van der Waals surface area (Å²) in [6.07, 6.45) is 5.20. The molecule has 1 aromatic carbocycles. The van der Waals surface area contributed by atoms with Crippen molar-refractivity contribution in [3.05, 3.63) is 54.0 Å². The molecule has 2 aliphatic rings. The molecule has 1 aliphatic heterocycles. The van der Waals surface area contributed by atoms with Gasteiger partial charge in [-0.3, -0.25) is 9.69 Å². The van der Waals surface area contributed by atoms with Crippen LogP contribution < -0.4 is 10.1 Å². The van der Waals surface area contributed by atoms with Crippen LogP contribution in [-0.2, 0) is 11.3 Å². The Morgan fingerprint density at radius 2 is 2.17 bits per heavy atom. The molecule has 0 bridgehead atoms. The van der Waals surface area contributed by atoms with Crippen LogP contribution in [0.1, 0.15) is 49.8 Å². The zero-order valence-electron chi connectivity index (χ0n) is 17.7. The summed E-state index contributed by atoms with van der Waals surface area (Å²) in [7, 11) is 0. The highest BCUT2D eigenvalue weighted by atomic mass is 16.5. The molecule has 4 rings (SSSR count). The summed E-state index contributed by atoms with van der Waals surface area (Å²) in [5, 5.41) is 14.4. The van der Waals surface area contributed by atoms with Gasteiger partial charge in [0.25, 0.3) is 0 Å². The molecular weight excluding hydrogens is 380 g/mol. The Labute approximate surface area is 178 Å². The number of benzene rings is 1. The number of piperidine rings is 1. The Bertz CT molecular complexity index is 837. The number of carbonyl (C=O) groups is 1. The second-order valence-corrected chi connectivity index (χ2v) is 8.52. The SMILES string of the molecule is CCOc1ccccc1C1CCCC2(O)CCN(CC(=O)NCc3ccco3)CC12. The lowest BCUT2D eigenvalue weighted by Gasteiger charge is -2.51. The van der Waals surface area contributed by atoms with Crippen molar-refractivity contribution in [2.45, 2.75) is 50.7 Å². The minimum absolute atomic E-state index is 0.0149. The highest BCUT2D eigenvalue weighted by molar-refractivity contribution is 5.77. The number of furan rings is 1. The standard InChI is InChI=1S/C24H32N2O4/c1-2-29-22-10-4-3-8-20(22)19-9-5-11-24(28)12-13-26(16-21(19)24)17-23(27)25-15-18-7-6-14-30-18/h3-4,6-8,10,14,19,21,28H,2,5,9,11-13,15-17H2,1H3,(H,25,27). The third kappa shape index (κ3) is 4.55. The van der Waals surface area contributed by atoms with E-state index < -0.39 is 5.60 Å². The minimum atomic E-state index is -0.663. The number of rotatable bonds is 7. The molecule has 30 heavy (non-hydrogen) atoms. The van der Waals surface area contributed by atoms with Gasteiger partial charge in [-0.25, -0.2) is 0 Å². The minimum Gasteiger partial charge on any atom is -0.494 e. The molecule has 2 aromatic rings. The molecule has 1 aliphatic carbocycles. The second-order valence-electron chi connectivity index (χ2n) is 8.52. The van der Waals surface area contributed by atoms with Gasteiger partial charge >= 0.3 is 0 Å². The molecule has 6 nitrogen and oxygen atoms in total. The zero-order chi connectivity index (χ0) is 21.0. The van der Waals surface area contributed by atoms with E-state index in [1.165, 1.54) is 5.56 Å². The second kappa shape index (κ2) is 9.23. The molecule has 1 saturated heterocycles. The van der Waals surface area contributed by atoms with Crippen molar-refractivity contribution in [3.8, 4) is 5.75 Å². The van der Waals surface area contributed by atoms with Crippen LogP contribution in [0.25, 0.3) is 0 Å². The summed E-state index contributed by atoms with van der Waals surface area (Å²) in [5.41, 5.74) is 0.523. The maximum absolute atomic E-state index is 12.5. The van der Waals surface area contributed by atoms with E-state index in [0.29, 0.717) is 26.1 Å². The van der Waals surface area contributed by atoms with Crippen LogP contribution in [0.15, 0.2) is 47.1 Å². The van der Waals surface area contributed by atoms with Crippen molar-refractivity contribution < 1.29 is 19.1 Å². The van der Waals surface area contributed by atoms with Gasteiger partial charge < -0.3 is 19.6 Å². The van der Waals surface area contributed by atoms with Gasteiger partial charge in [0, 0.05) is 19.0 Å². The van der Waals surface area contributed by atoms with E-state index in [2.05, 4.69) is 16.3 Å². The third-order valence-electron chi connectivity index (χ3n) is 6.64. The number of carbonyl (C=O) groups excluding carboxylic acids is 1. The average molecular weight is 413 g/mol. The van der Waals surface area contributed by atoms with E-state index >= 15 is 0 Å². The van der Waals surface area contributed by atoms with E-state index in [9.17, 15) is 9.90 Å². The topological polar surface area (TPSA) is 74.9 Å². The van der Waals surface area contributed by atoms with Crippen LogP contribution in [0.2, 0.25) is 0 Å². The molecule has 0 spiro atoms. The van der Waals surface area contributed by atoms with Crippen molar-refractivity contribution in [2.24, 2.45) is 5.92 Å². The number of likely N-dealkylation sites (tertiary alicyclic amines) is 1. The Hall–Kier alpha value is -2.31. The van der Waals surface area contributed by atoms with Crippen LogP contribution in [0.3, 0.4) is 0 Å². The summed E-state index contributed by atoms with van der Waals surface area (Å²) in [4.78, 5) is 14.6. The molecule has 162 valence electrons. The zero-order valence-corrected chi connectivity index (χ0v) is 17.7. The molecule has 1 aromatic heterocycles. The first-order valence-electron chi connectivity index (χ1n) is 11.0. The number of aliphatic hydroxyl groups is 1. The number of hydrogen-bond acceptors (Lipinski definition) is 5. The van der Waals surface area contributed by atoms with Crippen LogP contribution in [0.5, 0.6) is 5.75 Å². The summed E-state index contributed by atoms with van der Waals surface area (Å²) in [5.74, 6) is 1.98. The molecule has 2 N–H and O–H groups in total. The maximum Gasteiger partial charge on any atom is 0.234 e. The Morgan fingerprint density at radius 3 is 2.97 bits per heavy atom. The quantitative estimate of drug-likeness (QED) is 0.730. The van der Waals surface area contributed by atoms with Gasteiger partial charge in [-0.05, 0) is 62.3 Å². The fraction of sp³-hybridized carbons (Fsp3) is 0.542. The molecular formula is C24H32N2O4. The van der Waals surface area contributed by atoms with Gasteiger partial charge in [0.2, 0.25) is 5.91 Å². The van der Waals surface area contributed by atoms with Crippen LogP contribution in [0, 0.1) is 5.92 Å². The van der Waals surface area contributed by atoms with Crippen molar-refractivity contribution in [3.63, 3.8) is 0 Å². The van der Waals surface area contributed by atoms with E-state index in [4.69, 9.17) is 9.15 Å². The van der Waals surface area contributed by atoms with Gasteiger partial charge in [0.15, 0.2) is 0 Å². The maximum atomic E-state index is 12.5. The fourth-order valence-corrected chi connectivity index (χ4v) is 5.17. The number of hydrogen-bond donors (Lipinski definition) is 2. The number of fused-ring (bicyclic) bond motifs is 1. The molecule has 0 radical (unpaired) electrons. The molecule has 1 saturated carbocycles. The summed E-state index contributed by atoms with van der Waals surface area (Å²) < 4.78 is 11.2. The van der Waals surface area contributed by atoms with Gasteiger partial charge in [0.1, 0.15) is 11.5 Å². The summed E-state index contributed by atoms with van der Waals surface area (Å²) in [6.45, 7) is 4.82. The smallest absolute Gasteiger partial charge is 0.234 e. The first-order chi connectivity index (χ1) is 14.6. The van der Waals surface area contributed by atoms with Gasteiger partial charge in [-0.1, -0.05) is 18.2 Å². The van der Waals surface area contributed by atoms with E-state index in [1.54, 1.807) is 6.26 Å². The predicted molar refractivity (Wildman–Crippen MR) is 114 cm³/mol. The number of para-hydroxylation sites is 1. The normalized spacial score (nSPS) is 26.7.